The Bertz CT molecular complexity index is 913. The molecule has 0 spiro atoms. The summed E-state index contributed by atoms with van der Waals surface area (Å²) < 4.78 is 10.5. The van der Waals surface area contributed by atoms with E-state index in [1.165, 1.54) is 31.0 Å². The number of hydrogen-bond acceptors (Lipinski definition) is 8. The van der Waals surface area contributed by atoms with E-state index < -0.39 is 53.1 Å². The van der Waals surface area contributed by atoms with Crippen LogP contribution in [0.1, 0.15) is 11.7 Å². The van der Waals surface area contributed by atoms with Gasteiger partial charge in [0, 0.05) is 33.5 Å². The first-order valence-electron chi connectivity index (χ1n) is 9.68. The standard InChI is InChI=1S/C20H25N3O8S/c1-22(2)18(29)31-10-19(17(27)28)9-23-15(26)20(30-3,16(23)32-11-19)21-14(25)13(24)12-7-5-4-6-8-12/h4-8,13,16,24H,9-11H2,1-3H3,(H,21,25)(H,27,28)/t13?,16-,19?,20?/m1/s1. The first-order chi connectivity index (χ1) is 15.1. The van der Waals surface area contributed by atoms with Crippen LogP contribution in [-0.2, 0) is 23.9 Å². The van der Waals surface area contributed by atoms with Gasteiger partial charge in [-0.25, -0.2) is 4.79 Å². The number of nitrogens with one attached hydrogen (secondary N) is 1. The van der Waals surface area contributed by atoms with Crippen molar-refractivity contribution in [3.63, 3.8) is 0 Å². The summed E-state index contributed by atoms with van der Waals surface area (Å²) in [6.07, 6.45) is -2.21. The zero-order chi connectivity index (χ0) is 23.7. The molecule has 0 aliphatic carbocycles. The lowest BCUT2D eigenvalue weighted by Crippen LogP contribution is -2.83. The van der Waals surface area contributed by atoms with Gasteiger partial charge >= 0.3 is 12.1 Å². The highest BCUT2D eigenvalue weighted by Gasteiger charge is 2.68. The number of β-lactam (4-membered cyclic amide) rings is 1. The highest BCUT2D eigenvalue weighted by molar-refractivity contribution is 8.00. The Morgan fingerprint density at radius 3 is 2.53 bits per heavy atom. The topological polar surface area (TPSA) is 146 Å². The molecule has 3 N–H and O–H groups in total. The van der Waals surface area contributed by atoms with Crippen molar-refractivity contribution < 1.29 is 38.9 Å². The van der Waals surface area contributed by atoms with Crippen molar-refractivity contribution in [2.45, 2.75) is 17.2 Å². The fourth-order valence-electron chi connectivity index (χ4n) is 3.55. The summed E-state index contributed by atoms with van der Waals surface area (Å²) in [6, 6.07) is 8.22. The summed E-state index contributed by atoms with van der Waals surface area (Å²) >= 11 is 1.09. The lowest BCUT2D eigenvalue weighted by atomic mass is 9.87. The van der Waals surface area contributed by atoms with Crippen LogP contribution in [0, 0.1) is 5.41 Å². The van der Waals surface area contributed by atoms with Crippen molar-refractivity contribution in [2.75, 3.05) is 40.1 Å². The minimum absolute atomic E-state index is 0.0136. The van der Waals surface area contributed by atoms with E-state index in [1.54, 1.807) is 30.3 Å². The number of carbonyl (C=O) groups excluding carboxylic acids is 3. The fourth-order valence-corrected chi connectivity index (χ4v) is 5.17. The van der Waals surface area contributed by atoms with E-state index in [4.69, 9.17) is 9.47 Å². The van der Waals surface area contributed by atoms with Crippen LogP contribution in [-0.4, -0.2) is 95.1 Å². The Labute approximate surface area is 188 Å². The molecule has 1 aromatic carbocycles. The molecule has 3 rings (SSSR count). The number of aliphatic hydroxyl groups is 1. The van der Waals surface area contributed by atoms with Gasteiger partial charge in [-0.15, -0.1) is 11.8 Å². The Morgan fingerprint density at radius 1 is 1.31 bits per heavy atom. The van der Waals surface area contributed by atoms with Gasteiger partial charge in [-0.3, -0.25) is 14.4 Å². The molecule has 2 aliphatic heterocycles. The number of amides is 3. The summed E-state index contributed by atoms with van der Waals surface area (Å²) in [7, 11) is 4.20. The predicted molar refractivity (Wildman–Crippen MR) is 112 cm³/mol. The van der Waals surface area contributed by atoms with E-state index in [1.807, 2.05) is 0 Å². The predicted octanol–water partition coefficient (Wildman–Crippen LogP) is -0.137. The van der Waals surface area contributed by atoms with Crippen LogP contribution in [0.15, 0.2) is 30.3 Å². The normalized spacial score (nSPS) is 27.6. The molecule has 0 saturated carbocycles. The van der Waals surface area contributed by atoms with Crippen molar-refractivity contribution in [1.29, 1.82) is 0 Å². The molecular formula is C20H25N3O8S. The molecule has 12 heteroatoms. The van der Waals surface area contributed by atoms with Crippen LogP contribution in [0.3, 0.4) is 0 Å². The second kappa shape index (κ2) is 8.96. The number of thioether (sulfide) groups is 1. The fraction of sp³-hybridized carbons (Fsp3) is 0.500. The summed E-state index contributed by atoms with van der Waals surface area (Å²) in [5, 5.41) is 21.9. The SMILES string of the molecule is COC1(NC(=O)C(O)c2ccccc2)C(=O)N2CC(COC(=O)N(C)C)(C(=O)O)CS[C@@H]21. The van der Waals surface area contributed by atoms with Gasteiger partial charge in [0.25, 0.3) is 17.5 Å². The molecule has 4 atom stereocenters. The second-order valence-electron chi connectivity index (χ2n) is 7.87. The molecular weight excluding hydrogens is 442 g/mol. The molecule has 1 aromatic rings. The maximum Gasteiger partial charge on any atom is 0.409 e. The second-order valence-corrected chi connectivity index (χ2v) is 8.94. The number of nitrogens with zero attached hydrogens (tertiary/aromatic N) is 2. The van der Waals surface area contributed by atoms with E-state index in [0.29, 0.717) is 5.56 Å². The van der Waals surface area contributed by atoms with Crippen LogP contribution in [0.25, 0.3) is 0 Å². The molecule has 2 saturated heterocycles. The van der Waals surface area contributed by atoms with E-state index in [2.05, 4.69) is 5.32 Å². The van der Waals surface area contributed by atoms with E-state index in [9.17, 15) is 29.4 Å². The van der Waals surface area contributed by atoms with Crippen LogP contribution >= 0.6 is 11.8 Å². The minimum atomic E-state index is -1.73. The maximum absolute atomic E-state index is 13.0. The lowest BCUT2D eigenvalue weighted by Gasteiger charge is -2.58. The third kappa shape index (κ3) is 4.00. The van der Waals surface area contributed by atoms with Crippen molar-refractivity contribution >= 4 is 35.6 Å². The van der Waals surface area contributed by atoms with Crippen LogP contribution in [0.2, 0.25) is 0 Å². The molecule has 2 aliphatic rings. The average molecular weight is 468 g/mol. The first-order valence-corrected chi connectivity index (χ1v) is 10.7. The molecule has 11 nitrogen and oxygen atoms in total. The molecule has 0 aromatic heterocycles. The molecule has 3 amide bonds. The number of aliphatic hydroxyl groups excluding tert-OH is 1. The monoisotopic (exact) mass is 467 g/mol. The molecule has 174 valence electrons. The summed E-state index contributed by atoms with van der Waals surface area (Å²) in [5.74, 6) is -2.65. The van der Waals surface area contributed by atoms with Crippen molar-refractivity contribution in [3.8, 4) is 0 Å². The van der Waals surface area contributed by atoms with Gasteiger partial charge in [0.2, 0.25) is 0 Å². The Hall–Kier alpha value is -2.83. The number of methoxy groups -OCH3 is 1. The van der Waals surface area contributed by atoms with E-state index in [0.717, 1.165) is 11.8 Å². The number of carboxylic acid groups (broad SMARTS) is 1. The highest BCUT2D eigenvalue weighted by Crippen LogP contribution is 2.47. The number of hydrogen-bond donors (Lipinski definition) is 3. The number of aliphatic carboxylic acids is 1. The molecule has 2 heterocycles. The smallest absolute Gasteiger partial charge is 0.409 e. The van der Waals surface area contributed by atoms with Crippen molar-refractivity contribution in [2.24, 2.45) is 5.41 Å². The van der Waals surface area contributed by atoms with E-state index >= 15 is 0 Å². The zero-order valence-electron chi connectivity index (χ0n) is 17.8. The first kappa shape index (κ1) is 23.8. The van der Waals surface area contributed by atoms with Crippen LogP contribution in [0.4, 0.5) is 4.79 Å². The molecule has 2 fully saturated rings. The highest BCUT2D eigenvalue weighted by atomic mass is 32.2. The van der Waals surface area contributed by atoms with Crippen LogP contribution in [0.5, 0.6) is 0 Å². The van der Waals surface area contributed by atoms with Crippen LogP contribution < -0.4 is 5.32 Å². The largest absolute Gasteiger partial charge is 0.481 e. The number of fused-ring (bicyclic) bond motifs is 1. The quantitative estimate of drug-likeness (QED) is 0.368. The lowest BCUT2D eigenvalue weighted by molar-refractivity contribution is -0.202. The summed E-state index contributed by atoms with van der Waals surface area (Å²) in [5.41, 5.74) is -2.89. The zero-order valence-corrected chi connectivity index (χ0v) is 18.6. The van der Waals surface area contributed by atoms with Crippen molar-refractivity contribution in [3.05, 3.63) is 35.9 Å². The van der Waals surface area contributed by atoms with Gasteiger partial charge in [-0.05, 0) is 5.56 Å². The molecule has 0 bridgehead atoms. The van der Waals surface area contributed by atoms with Gasteiger partial charge in [0.15, 0.2) is 6.10 Å². The van der Waals surface area contributed by atoms with Crippen molar-refractivity contribution in [1.82, 2.24) is 15.1 Å². The third-order valence-electron chi connectivity index (χ3n) is 5.49. The molecule has 0 radical (unpaired) electrons. The number of rotatable bonds is 7. The van der Waals surface area contributed by atoms with Gasteiger partial charge in [0.1, 0.15) is 17.4 Å². The third-order valence-corrected chi connectivity index (χ3v) is 7.11. The number of carbonyl (C=O) groups is 4. The molecule has 3 unspecified atom stereocenters. The Morgan fingerprint density at radius 2 is 1.97 bits per heavy atom. The van der Waals surface area contributed by atoms with Gasteiger partial charge < -0.3 is 34.8 Å². The maximum atomic E-state index is 13.0. The molecule has 32 heavy (non-hydrogen) atoms. The Kier molecular flexibility index (Phi) is 6.67. The number of benzene rings is 1. The van der Waals surface area contributed by atoms with E-state index in [-0.39, 0.29) is 12.3 Å². The number of ether oxygens (including phenoxy) is 2. The average Bonchev–Trinajstić information content (AvgIpc) is 2.80. The number of carboxylic acids is 1. The van der Waals surface area contributed by atoms with Gasteiger partial charge in [-0.2, -0.15) is 0 Å². The Balaban J connectivity index is 1.73. The summed E-state index contributed by atoms with van der Waals surface area (Å²) in [6.45, 7) is -0.635. The van der Waals surface area contributed by atoms with Gasteiger partial charge in [-0.1, -0.05) is 30.3 Å². The minimum Gasteiger partial charge on any atom is -0.481 e. The van der Waals surface area contributed by atoms with Gasteiger partial charge in [0.05, 0.1) is 0 Å². The summed E-state index contributed by atoms with van der Waals surface area (Å²) in [4.78, 5) is 51.8.